The van der Waals surface area contributed by atoms with Gasteiger partial charge in [-0.25, -0.2) is 8.42 Å². The van der Waals surface area contributed by atoms with Crippen molar-refractivity contribution in [3.05, 3.63) is 59.1 Å². The first-order chi connectivity index (χ1) is 15.5. The number of nitrogens with one attached hydrogen (secondary N) is 1. The minimum atomic E-state index is -3.85. The Morgan fingerprint density at radius 1 is 1.06 bits per heavy atom. The van der Waals surface area contributed by atoms with Crippen LogP contribution in [0.2, 0.25) is 5.02 Å². The molecule has 0 aliphatic heterocycles. The van der Waals surface area contributed by atoms with Gasteiger partial charge in [0, 0.05) is 17.6 Å². The third-order valence-corrected chi connectivity index (χ3v) is 6.43. The van der Waals surface area contributed by atoms with Crippen LogP contribution in [0.5, 0.6) is 5.75 Å². The topological polar surface area (TPSA) is 96.0 Å². The lowest BCUT2D eigenvalue weighted by atomic mass is 10.1. The van der Waals surface area contributed by atoms with E-state index < -0.39 is 28.5 Å². The highest BCUT2D eigenvalue weighted by Gasteiger charge is 2.31. The van der Waals surface area contributed by atoms with Gasteiger partial charge in [0.15, 0.2) is 0 Å². The first-order valence-corrected chi connectivity index (χ1v) is 12.6. The highest BCUT2D eigenvalue weighted by atomic mass is 35.5. The predicted molar refractivity (Wildman–Crippen MR) is 130 cm³/mol. The van der Waals surface area contributed by atoms with Crippen molar-refractivity contribution in [1.29, 1.82) is 0 Å². The van der Waals surface area contributed by atoms with Crippen LogP contribution >= 0.6 is 11.6 Å². The molecule has 2 rings (SSSR count). The summed E-state index contributed by atoms with van der Waals surface area (Å²) in [5.41, 5.74) is 0.868. The third-order valence-electron chi connectivity index (χ3n) is 4.93. The fraction of sp³-hybridized carbons (Fsp3) is 0.391. The van der Waals surface area contributed by atoms with Gasteiger partial charge in [-0.3, -0.25) is 13.9 Å². The molecule has 0 saturated heterocycles. The Morgan fingerprint density at radius 2 is 1.67 bits per heavy atom. The molecule has 0 heterocycles. The van der Waals surface area contributed by atoms with Crippen LogP contribution in [-0.2, 0) is 26.2 Å². The highest BCUT2D eigenvalue weighted by molar-refractivity contribution is 7.92. The summed E-state index contributed by atoms with van der Waals surface area (Å²) in [5, 5.41) is 3.24. The maximum Gasteiger partial charge on any atom is 0.244 e. The molecular formula is C23H30ClN3O5S. The van der Waals surface area contributed by atoms with Crippen molar-refractivity contribution in [3.63, 3.8) is 0 Å². The summed E-state index contributed by atoms with van der Waals surface area (Å²) < 4.78 is 31.5. The third kappa shape index (κ3) is 7.10. The van der Waals surface area contributed by atoms with E-state index in [2.05, 4.69) is 5.32 Å². The number of para-hydroxylation sites is 2. The number of sulfonamides is 1. The van der Waals surface area contributed by atoms with Crippen molar-refractivity contribution in [2.45, 2.75) is 39.4 Å². The standard InChI is InChI=1S/C23H30ClN3O5S/c1-16(2)25-23(29)17(3)26(14-18-10-6-7-11-19(18)24)22(28)15-27(33(5,30)31)20-12-8-9-13-21(20)32-4/h6-13,16-17H,14-15H2,1-5H3,(H,25,29)/t17-/m1/s1. The number of nitrogens with zero attached hydrogens (tertiary/aromatic N) is 2. The zero-order valence-electron chi connectivity index (χ0n) is 19.4. The minimum absolute atomic E-state index is 0.0364. The molecule has 0 unspecified atom stereocenters. The average molecular weight is 496 g/mol. The van der Waals surface area contributed by atoms with Gasteiger partial charge in [0.1, 0.15) is 18.3 Å². The zero-order chi connectivity index (χ0) is 24.8. The Bertz CT molecular complexity index is 1090. The zero-order valence-corrected chi connectivity index (χ0v) is 21.0. The number of carbonyl (C=O) groups is 2. The summed E-state index contributed by atoms with van der Waals surface area (Å²) in [4.78, 5) is 27.5. The lowest BCUT2D eigenvalue weighted by Gasteiger charge is -2.32. The van der Waals surface area contributed by atoms with Gasteiger partial charge in [-0.15, -0.1) is 0 Å². The molecule has 0 spiro atoms. The highest BCUT2D eigenvalue weighted by Crippen LogP contribution is 2.30. The molecule has 2 aromatic rings. The molecule has 0 saturated carbocycles. The summed E-state index contributed by atoms with van der Waals surface area (Å²) in [5.74, 6) is -0.606. The molecule has 0 aliphatic rings. The maximum atomic E-state index is 13.5. The van der Waals surface area contributed by atoms with E-state index in [1.807, 2.05) is 13.8 Å². The van der Waals surface area contributed by atoms with Crippen molar-refractivity contribution < 1.29 is 22.7 Å². The van der Waals surface area contributed by atoms with Gasteiger partial charge in [-0.1, -0.05) is 41.9 Å². The molecule has 2 amide bonds. The van der Waals surface area contributed by atoms with Crippen LogP contribution in [0.4, 0.5) is 5.69 Å². The van der Waals surface area contributed by atoms with Gasteiger partial charge < -0.3 is 15.0 Å². The van der Waals surface area contributed by atoms with Gasteiger partial charge in [-0.05, 0) is 44.5 Å². The number of amides is 2. The molecule has 1 N–H and O–H groups in total. The monoisotopic (exact) mass is 495 g/mol. The second-order valence-corrected chi connectivity index (χ2v) is 10.2. The fourth-order valence-corrected chi connectivity index (χ4v) is 4.28. The molecule has 0 aliphatic carbocycles. The molecule has 180 valence electrons. The number of halogens is 1. The summed E-state index contributed by atoms with van der Waals surface area (Å²) in [7, 11) is -2.43. The second kappa shape index (κ2) is 11.4. The number of hydrogen-bond donors (Lipinski definition) is 1. The lowest BCUT2D eigenvalue weighted by Crippen LogP contribution is -2.52. The van der Waals surface area contributed by atoms with Crippen LogP contribution in [0.1, 0.15) is 26.3 Å². The predicted octanol–water partition coefficient (Wildman–Crippen LogP) is 3.06. The van der Waals surface area contributed by atoms with Crippen molar-refractivity contribution >= 4 is 39.1 Å². The van der Waals surface area contributed by atoms with Crippen LogP contribution in [-0.4, -0.2) is 57.1 Å². The van der Waals surface area contributed by atoms with E-state index in [4.69, 9.17) is 16.3 Å². The Balaban J connectivity index is 2.44. The minimum Gasteiger partial charge on any atom is -0.495 e. The van der Waals surface area contributed by atoms with Crippen molar-refractivity contribution in [2.75, 3.05) is 24.2 Å². The van der Waals surface area contributed by atoms with E-state index in [-0.39, 0.29) is 24.2 Å². The van der Waals surface area contributed by atoms with E-state index in [9.17, 15) is 18.0 Å². The molecule has 0 bridgehead atoms. The second-order valence-electron chi connectivity index (χ2n) is 7.89. The van der Waals surface area contributed by atoms with Gasteiger partial charge in [0.05, 0.1) is 19.1 Å². The number of carbonyl (C=O) groups excluding carboxylic acids is 2. The summed E-state index contributed by atoms with van der Waals surface area (Å²) in [6, 6.07) is 12.5. The SMILES string of the molecule is COc1ccccc1N(CC(=O)N(Cc1ccccc1Cl)[C@H](C)C(=O)NC(C)C)S(C)(=O)=O. The van der Waals surface area contributed by atoms with E-state index in [0.29, 0.717) is 16.3 Å². The summed E-state index contributed by atoms with van der Waals surface area (Å²) in [6.07, 6.45) is 1.01. The number of hydrogen-bond acceptors (Lipinski definition) is 5. The molecule has 10 heteroatoms. The lowest BCUT2D eigenvalue weighted by molar-refractivity contribution is -0.139. The molecule has 0 radical (unpaired) electrons. The molecule has 8 nitrogen and oxygen atoms in total. The number of ether oxygens (including phenoxy) is 1. The van der Waals surface area contributed by atoms with Crippen LogP contribution in [0.15, 0.2) is 48.5 Å². The van der Waals surface area contributed by atoms with Crippen LogP contribution in [0, 0.1) is 0 Å². The number of rotatable bonds is 10. The fourth-order valence-electron chi connectivity index (χ4n) is 3.23. The van der Waals surface area contributed by atoms with Crippen LogP contribution in [0.3, 0.4) is 0 Å². The van der Waals surface area contributed by atoms with Gasteiger partial charge in [-0.2, -0.15) is 0 Å². The molecule has 1 atom stereocenters. The Hall–Kier alpha value is -2.78. The molecule has 0 aromatic heterocycles. The molecule has 33 heavy (non-hydrogen) atoms. The van der Waals surface area contributed by atoms with Gasteiger partial charge in [0.25, 0.3) is 0 Å². The first kappa shape index (κ1) is 26.5. The largest absolute Gasteiger partial charge is 0.495 e. The van der Waals surface area contributed by atoms with E-state index >= 15 is 0 Å². The average Bonchev–Trinajstić information content (AvgIpc) is 2.75. The quantitative estimate of drug-likeness (QED) is 0.546. The molecular weight excluding hydrogens is 466 g/mol. The van der Waals surface area contributed by atoms with Gasteiger partial charge in [0.2, 0.25) is 21.8 Å². The maximum absolute atomic E-state index is 13.5. The normalized spacial score (nSPS) is 12.2. The number of benzene rings is 2. The van der Waals surface area contributed by atoms with E-state index in [1.165, 1.54) is 12.0 Å². The Morgan fingerprint density at radius 3 is 2.24 bits per heavy atom. The van der Waals surface area contributed by atoms with E-state index in [1.54, 1.807) is 55.5 Å². The Labute approximate surface area is 200 Å². The Kier molecular flexibility index (Phi) is 9.13. The summed E-state index contributed by atoms with van der Waals surface area (Å²) in [6.45, 7) is 4.76. The summed E-state index contributed by atoms with van der Waals surface area (Å²) >= 11 is 6.29. The van der Waals surface area contributed by atoms with Crippen molar-refractivity contribution in [1.82, 2.24) is 10.2 Å². The van der Waals surface area contributed by atoms with Crippen LogP contribution < -0.4 is 14.4 Å². The van der Waals surface area contributed by atoms with E-state index in [0.717, 1.165) is 10.6 Å². The number of methoxy groups -OCH3 is 1. The van der Waals surface area contributed by atoms with Crippen molar-refractivity contribution in [2.24, 2.45) is 0 Å². The first-order valence-electron chi connectivity index (χ1n) is 10.4. The smallest absolute Gasteiger partial charge is 0.244 e. The molecule has 0 fully saturated rings. The van der Waals surface area contributed by atoms with Gasteiger partial charge >= 0.3 is 0 Å². The number of anilines is 1. The van der Waals surface area contributed by atoms with Crippen molar-refractivity contribution in [3.8, 4) is 5.75 Å². The molecule has 2 aromatic carbocycles. The van der Waals surface area contributed by atoms with Crippen LogP contribution in [0.25, 0.3) is 0 Å².